The lowest BCUT2D eigenvalue weighted by molar-refractivity contribution is 1.08. The van der Waals surface area contributed by atoms with Crippen molar-refractivity contribution in [2.75, 3.05) is 0 Å². The quantitative estimate of drug-likeness (QED) is 0.783. The van der Waals surface area contributed by atoms with Crippen molar-refractivity contribution in [1.82, 2.24) is 9.38 Å². The molecule has 0 atom stereocenters. The van der Waals surface area contributed by atoms with E-state index < -0.39 is 0 Å². The largest absolute Gasteiger partial charge is 0.326 e. The molecule has 1 aromatic carbocycles. The van der Waals surface area contributed by atoms with Crippen LogP contribution in [0.2, 0.25) is 0 Å². The minimum Gasteiger partial charge on any atom is -0.326 e. The number of fused-ring (bicyclic) bond motifs is 1. The number of aromatic nitrogens is 2. The zero-order chi connectivity index (χ0) is 12.5. The van der Waals surface area contributed by atoms with E-state index in [-0.39, 0.29) is 0 Å². The number of nitrogens with zero attached hydrogens (tertiary/aromatic N) is 2. The van der Waals surface area contributed by atoms with Gasteiger partial charge in [0.25, 0.3) is 0 Å². The molecule has 0 aliphatic carbocycles. The molecule has 0 fully saturated rings. The Morgan fingerprint density at radius 2 is 2.06 bits per heavy atom. The van der Waals surface area contributed by atoms with E-state index in [9.17, 15) is 0 Å². The highest BCUT2D eigenvalue weighted by Crippen LogP contribution is 2.31. The van der Waals surface area contributed by atoms with E-state index in [1.807, 2.05) is 12.4 Å². The maximum atomic E-state index is 5.84. The Labute approximate surface area is 110 Å². The number of nitrogens with two attached hydrogens (primary N) is 1. The van der Waals surface area contributed by atoms with Crippen molar-refractivity contribution < 1.29 is 0 Å². The average Bonchev–Trinajstić information content (AvgIpc) is 2.98. The van der Waals surface area contributed by atoms with Crippen molar-refractivity contribution in [3.63, 3.8) is 0 Å². The minimum atomic E-state index is 0.554. The van der Waals surface area contributed by atoms with Crippen LogP contribution in [0.4, 0.5) is 0 Å². The molecule has 0 radical (unpaired) electrons. The summed E-state index contributed by atoms with van der Waals surface area (Å²) in [7, 11) is 0. The van der Waals surface area contributed by atoms with Gasteiger partial charge in [-0.2, -0.15) is 0 Å². The van der Waals surface area contributed by atoms with Gasteiger partial charge in [-0.25, -0.2) is 4.98 Å². The van der Waals surface area contributed by atoms with Crippen molar-refractivity contribution >= 4 is 16.3 Å². The SMILES string of the molecule is CCc1ccc(-c2c(CN)sc3nccn23)cc1. The van der Waals surface area contributed by atoms with Crippen molar-refractivity contribution in [3.05, 3.63) is 47.1 Å². The smallest absolute Gasteiger partial charge is 0.194 e. The molecule has 2 N–H and O–H groups in total. The van der Waals surface area contributed by atoms with Crippen LogP contribution in [0.3, 0.4) is 0 Å². The first kappa shape index (κ1) is 11.4. The molecule has 92 valence electrons. The van der Waals surface area contributed by atoms with E-state index in [4.69, 9.17) is 5.73 Å². The van der Waals surface area contributed by atoms with E-state index in [0.29, 0.717) is 6.54 Å². The summed E-state index contributed by atoms with van der Waals surface area (Å²) in [6.45, 7) is 2.72. The normalized spacial score (nSPS) is 11.2. The van der Waals surface area contributed by atoms with Gasteiger partial charge < -0.3 is 5.73 Å². The van der Waals surface area contributed by atoms with Gasteiger partial charge in [-0.1, -0.05) is 42.5 Å². The molecule has 3 rings (SSSR count). The first-order valence-electron chi connectivity index (χ1n) is 6.07. The number of rotatable bonds is 3. The Morgan fingerprint density at radius 1 is 1.28 bits per heavy atom. The summed E-state index contributed by atoms with van der Waals surface area (Å²) in [6.07, 6.45) is 4.89. The molecule has 4 heteroatoms. The third kappa shape index (κ3) is 1.74. The molecule has 18 heavy (non-hydrogen) atoms. The molecule has 3 aromatic rings. The summed E-state index contributed by atoms with van der Waals surface area (Å²) < 4.78 is 2.12. The second-order valence-corrected chi connectivity index (χ2v) is 5.27. The van der Waals surface area contributed by atoms with E-state index in [0.717, 1.165) is 11.4 Å². The summed E-state index contributed by atoms with van der Waals surface area (Å²) >= 11 is 1.66. The van der Waals surface area contributed by atoms with Crippen LogP contribution in [0.5, 0.6) is 0 Å². The number of aryl methyl sites for hydroxylation is 1. The number of thiazole rings is 1. The standard InChI is InChI=1S/C14H15N3S/c1-2-10-3-5-11(6-4-10)13-12(9-15)18-14-16-7-8-17(13)14/h3-8H,2,9,15H2,1H3. The minimum absolute atomic E-state index is 0.554. The lowest BCUT2D eigenvalue weighted by Gasteiger charge is -2.04. The summed E-state index contributed by atoms with van der Waals surface area (Å²) in [6, 6.07) is 8.69. The fraction of sp³-hybridized carbons (Fsp3) is 0.214. The Hall–Kier alpha value is -1.65. The zero-order valence-electron chi connectivity index (χ0n) is 10.3. The fourth-order valence-corrected chi connectivity index (χ4v) is 3.15. The zero-order valence-corrected chi connectivity index (χ0v) is 11.1. The monoisotopic (exact) mass is 257 g/mol. The molecule has 0 aliphatic heterocycles. The molecular weight excluding hydrogens is 242 g/mol. The Balaban J connectivity index is 2.18. The van der Waals surface area contributed by atoms with Gasteiger partial charge in [0.2, 0.25) is 0 Å². The lowest BCUT2D eigenvalue weighted by atomic mass is 10.1. The van der Waals surface area contributed by atoms with E-state index in [1.54, 1.807) is 11.3 Å². The van der Waals surface area contributed by atoms with Crippen LogP contribution in [-0.4, -0.2) is 9.38 Å². The van der Waals surface area contributed by atoms with Crippen molar-refractivity contribution in [2.24, 2.45) is 5.73 Å². The molecular formula is C14H15N3S. The molecule has 3 nitrogen and oxygen atoms in total. The predicted molar refractivity (Wildman–Crippen MR) is 75.8 cm³/mol. The molecule has 0 aliphatic rings. The number of imidazole rings is 1. The molecule has 0 unspecified atom stereocenters. The first-order chi connectivity index (χ1) is 8.83. The van der Waals surface area contributed by atoms with Crippen LogP contribution in [0, 0.1) is 0 Å². The van der Waals surface area contributed by atoms with Gasteiger partial charge in [0.05, 0.1) is 5.69 Å². The van der Waals surface area contributed by atoms with Crippen LogP contribution >= 0.6 is 11.3 Å². The molecule has 0 amide bonds. The third-order valence-corrected chi connectivity index (χ3v) is 4.24. The summed E-state index contributed by atoms with van der Waals surface area (Å²) in [5, 5.41) is 0. The summed E-state index contributed by atoms with van der Waals surface area (Å²) in [4.78, 5) is 6.52. The van der Waals surface area contributed by atoms with Crippen LogP contribution in [0.15, 0.2) is 36.7 Å². The van der Waals surface area contributed by atoms with Crippen LogP contribution in [0.25, 0.3) is 16.2 Å². The number of hydrogen-bond donors (Lipinski definition) is 1. The van der Waals surface area contributed by atoms with Crippen LogP contribution in [-0.2, 0) is 13.0 Å². The van der Waals surface area contributed by atoms with Crippen molar-refractivity contribution in [3.8, 4) is 11.3 Å². The predicted octanol–water partition coefficient (Wildman–Crippen LogP) is 3.08. The third-order valence-electron chi connectivity index (χ3n) is 3.15. The number of benzene rings is 1. The fourth-order valence-electron chi connectivity index (χ4n) is 2.17. The molecule has 0 saturated heterocycles. The second-order valence-electron chi connectivity index (χ2n) is 4.21. The van der Waals surface area contributed by atoms with E-state index >= 15 is 0 Å². The van der Waals surface area contributed by atoms with Gasteiger partial charge in [0, 0.05) is 23.8 Å². The average molecular weight is 257 g/mol. The van der Waals surface area contributed by atoms with E-state index in [2.05, 4.69) is 40.6 Å². The molecule has 0 spiro atoms. The highest BCUT2D eigenvalue weighted by atomic mass is 32.1. The van der Waals surface area contributed by atoms with Gasteiger partial charge in [-0.15, -0.1) is 0 Å². The van der Waals surface area contributed by atoms with Gasteiger partial charge >= 0.3 is 0 Å². The van der Waals surface area contributed by atoms with Gasteiger partial charge in [0.1, 0.15) is 0 Å². The second kappa shape index (κ2) is 4.55. The first-order valence-corrected chi connectivity index (χ1v) is 6.89. The van der Waals surface area contributed by atoms with Gasteiger partial charge in [-0.3, -0.25) is 4.40 Å². The summed E-state index contributed by atoms with van der Waals surface area (Å²) in [5.74, 6) is 0. The lowest BCUT2D eigenvalue weighted by Crippen LogP contribution is -1.97. The van der Waals surface area contributed by atoms with Crippen LogP contribution < -0.4 is 5.73 Å². The Kier molecular flexibility index (Phi) is 2.89. The highest BCUT2D eigenvalue weighted by Gasteiger charge is 2.13. The Morgan fingerprint density at radius 3 is 2.72 bits per heavy atom. The van der Waals surface area contributed by atoms with Crippen LogP contribution in [0.1, 0.15) is 17.4 Å². The highest BCUT2D eigenvalue weighted by molar-refractivity contribution is 7.17. The molecule has 0 bridgehead atoms. The maximum absolute atomic E-state index is 5.84. The van der Waals surface area contributed by atoms with Gasteiger partial charge in [0.15, 0.2) is 4.96 Å². The summed E-state index contributed by atoms with van der Waals surface area (Å²) in [5.41, 5.74) is 9.57. The molecule has 0 saturated carbocycles. The Bertz CT molecular complexity index is 664. The van der Waals surface area contributed by atoms with Crippen molar-refractivity contribution in [2.45, 2.75) is 19.9 Å². The van der Waals surface area contributed by atoms with Crippen molar-refractivity contribution in [1.29, 1.82) is 0 Å². The molecule has 2 aromatic heterocycles. The topological polar surface area (TPSA) is 43.3 Å². The maximum Gasteiger partial charge on any atom is 0.194 e. The van der Waals surface area contributed by atoms with Gasteiger partial charge in [-0.05, 0) is 17.5 Å². The number of hydrogen-bond acceptors (Lipinski definition) is 3. The molecule has 2 heterocycles. The van der Waals surface area contributed by atoms with E-state index in [1.165, 1.54) is 21.7 Å².